The molecule has 1 aliphatic carbocycles. The Kier molecular flexibility index (Phi) is 31.2. The third kappa shape index (κ3) is 25.9. The molecule has 12 nitrogen and oxygen atoms in total. The molecule has 6 N–H and O–H groups in total. The van der Waals surface area contributed by atoms with Crippen LogP contribution in [0.2, 0.25) is 0 Å². The lowest BCUT2D eigenvalue weighted by molar-refractivity contribution is -0.220. The van der Waals surface area contributed by atoms with E-state index in [9.17, 15) is 39.8 Å². The fourth-order valence-electron chi connectivity index (χ4n) is 5.71. The van der Waals surface area contributed by atoms with E-state index in [1.54, 1.807) is 0 Å². The molecule has 1 aliphatic rings. The lowest BCUT2D eigenvalue weighted by Crippen LogP contribution is -2.64. The predicted molar refractivity (Wildman–Crippen MR) is 221 cm³/mol. The van der Waals surface area contributed by atoms with Crippen LogP contribution in [0.5, 0.6) is 0 Å². The van der Waals surface area contributed by atoms with Gasteiger partial charge in [0.1, 0.15) is 42.7 Å². The van der Waals surface area contributed by atoms with Crippen LogP contribution >= 0.6 is 7.82 Å². The zero-order valence-corrected chi connectivity index (χ0v) is 34.8. The third-order valence-corrected chi connectivity index (χ3v) is 10.0. The van der Waals surface area contributed by atoms with E-state index in [0.29, 0.717) is 13.0 Å². The Morgan fingerprint density at radius 3 is 1.62 bits per heavy atom. The number of hydrogen-bond donors (Lipinski definition) is 6. The van der Waals surface area contributed by atoms with Crippen LogP contribution in [0.4, 0.5) is 0 Å². The van der Waals surface area contributed by atoms with Gasteiger partial charge in [0.15, 0.2) is 0 Å². The number of hydrogen-bond acceptors (Lipinski definition) is 11. The molecule has 0 radical (unpaired) electrons. The molecule has 0 saturated heterocycles. The normalized spacial score (nSPS) is 23.8. The van der Waals surface area contributed by atoms with Crippen molar-refractivity contribution in [1.29, 1.82) is 0 Å². The summed E-state index contributed by atoms with van der Waals surface area (Å²) in [6, 6.07) is 0. The van der Waals surface area contributed by atoms with Crippen LogP contribution < -0.4 is 0 Å². The van der Waals surface area contributed by atoms with Crippen molar-refractivity contribution >= 4 is 13.8 Å². The molecule has 6 unspecified atom stereocenters. The Hall–Kier alpha value is -2.22. The van der Waals surface area contributed by atoms with Crippen molar-refractivity contribution in [3.63, 3.8) is 0 Å². The van der Waals surface area contributed by atoms with Gasteiger partial charge in [-0.25, -0.2) is 4.57 Å². The Morgan fingerprint density at radius 1 is 0.589 bits per heavy atom. The van der Waals surface area contributed by atoms with Gasteiger partial charge >= 0.3 is 13.8 Å². The van der Waals surface area contributed by atoms with E-state index in [0.717, 1.165) is 89.9 Å². The number of phosphoric acid groups is 1. The average molecular weight is 813 g/mol. The Morgan fingerprint density at radius 2 is 1.05 bits per heavy atom. The van der Waals surface area contributed by atoms with Crippen LogP contribution in [0.15, 0.2) is 72.9 Å². The third-order valence-electron chi connectivity index (χ3n) is 9.06. The number of aliphatic hydroxyl groups excluding tert-OH is 5. The summed E-state index contributed by atoms with van der Waals surface area (Å²) in [5.41, 5.74) is 0. The quantitative estimate of drug-likeness (QED) is 0.0165. The lowest BCUT2D eigenvalue weighted by Gasteiger charge is -2.41. The summed E-state index contributed by atoms with van der Waals surface area (Å²) in [6.07, 6.45) is 29.9. The molecule has 0 aromatic carbocycles. The van der Waals surface area contributed by atoms with E-state index in [1.165, 1.54) is 12.8 Å². The van der Waals surface area contributed by atoms with Crippen molar-refractivity contribution in [1.82, 2.24) is 0 Å². The summed E-state index contributed by atoms with van der Waals surface area (Å²) in [5, 5.41) is 50.0. The first-order valence-corrected chi connectivity index (χ1v) is 22.3. The van der Waals surface area contributed by atoms with Crippen LogP contribution in [0.25, 0.3) is 0 Å². The predicted octanol–water partition coefficient (Wildman–Crippen LogP) is 7.63. The van der Waals surface area contributed by atoms with Crippen LogP contribution in [-0.2, 0) is 27.9 Å². The number of ether oxygens (including phenoxy) is 2. The van der Waals surface area contributed by atoms with E-state index in [-0.39, 0.29) is 13.0 Å². The van der Waals surface area contributed by atoms with E-state index in [1.807, 2.05) is 0 Å². The first kappa shape index (κ1) is 51.8. The van der Waals surface area contributed by atoms with Gasteiger partial charge in [0.05, 0.1) is 13.2 Å². The molecular formula is C43H73O12P. The molecule has 0 aromatic heterocycles. The summed E-state index contributed by atoms with van der Waals surface area (Å²) in [6.45, 7) is 3.95. The Balaban J connectivity index is 2.48. The molecule has 1 saturated carbocycles. The topological polar surface area (TPSA) is 192 Å². The van der Waals surface area contributed by atoms with Gasteiger partial charge < -0.3 is 39.9 Å². The van der Waals surface area contributed by atoms with Crippen molar-refractivity contribution in [3.8, 4) is 0 Å². The number of carbonyl (C=O) groups is 1. The van der Waals surface area contributed by atoms with Crippen molar-refractivity contribution < 1.29 is 58.3 Å². The summed E-state index contributed by atoms with van der Waals surface area (Å²) in [5.74, 6) is -0.508. The van der Waals surface area contributed by atoms with E-state index < -0.39 is 63.1 Å². The SMILES string of the molecule is CC/C=C\C/C=C\C/C=C\C/C=C\C/C=C\CCCCOCC(COP(=O)(O)OC1C(O)C(O)C(O)C(O)C1O)OC(=O)CCCCCCC/C=C\CCCC. The minimum absolute atomic E-state index is 0.114. The zero-order valence-electron chi connectivity index (χ0n) is 33.9. The molecule has 1 rings (SSSR count). The van der Waals surface area contributed by atoms with Gasteiger partial charge in [-0.15, -0.1) is 0 Å². The van der Waals surface area contributed by atoms with Gasteiger partial charge in [0.2, 0.25) is 0 Å². The van der Waals surface area contributed by atoms with Gasteiger partial charge in [-0.1, -0.05) is 119 Å². The summed E-state index contributed by atoms with van der Waals surface area (Å²) in [4.78, 5) is 23.0. The van der Waals surface area contributed by atoms with Crippen molar-refractivity contribution in [2.24, 2.45) is 0 Å². The zero-order chi connectivity index (χ0) is 41.3. The second-order valence-electron chi connectivity index (χ2n) is 14.1. The molecule has 0 aliphatic heterocycles. The second kappa shape index (κ2) is 33.7. The molecular weight excluding hydrogens is 739 g/mol. The second-order valence-corrected chi connectivity index (χ2v) is 15.5. The number of phosphoric ester groups is 1. The minimum Gasteiger partial charge on any atom is -0.457 e. The number of allylic oxidation sites excluding steroid dienone is 12. The lowest BCUT2D eigenvalue weighted by atomic mass is 9.85. The van der Waals surface area contributed by atoms with Gasteiger partial charge in [-0.05, 0) is 77.0 Å². The van der Waals surface area contributed by atoms with Crippen LogP contribution in [-0.4, -0.2) is 98.9 Å². The molecule has 322 valence electrons. The van der Waals surface area contributed by atoms with Gasteiger partial charge in [-0.3, -0.25) is 13.8 Å². The maximum absolute atomic E-state index is 12.8. The number of carbonyl (C=O) groups excluding carboxylic acids is 1. The Bertz CT molecular complexity index is 1200. The molecule has 0 amide bonds. The molecule has 6 atom stereocenters. The Labute approximate surface area is 336 Å². The highest BCUT2D eigenvalue weighted by Crippen LogP contribution is 2.47. The number of aliphatic hydroxyl groups is 5. The van der Waals surface area contributed by atoms with Gasteiger partial charge in [0.25, 0.3) is 0 Å². The molecule has 0 spiro atoms. The fourth-order valence-corrected chi connectivity index (χ4v) is 6.69. The van der Waals surface area contributed by atoms with Crippen LogP contribution in [0.3, 0.4) is 0 Å². The average Bonchev–Trinajstić information content (AvgIpc) is 3.18. The number of rotatable bonds is 33. The van der Waals surface area contributed by atoms with Crippen LogP contribution in [0.1, 0.15) is 129 Å². The van der Waals surface area contributed by atoms with E-state index >= 15 is 0 Å². The highest BCUT2D eigenvalue weighted by atomic mass is 31.2. The smallest absolute Gasteiger partial charge is 0.457 e. The molecule has 0 bridgehead atoms. The van der Waals surface area contributed by atoms with Crippen molar-refractivity contribution in [2.75, 3.05) is 19.8 Å². The maximum Gasteiger partial charge on any atom is 0.472 e. The molecule has 0 heterocycles. The minimum atomic E-state index is -5.03. The van der Waals surface area contributed by atoms with Gasteiger partial charge in [0, 0.05) is 13.0 Å². The standard InChI is InChI=1S/C43H73O12P/c1-3-5-7-9-11-13-15-16-17-18-19-20-21-23-25-27-29-31-33-52-34-36(54-37(44)32-30-28-26-24-22-14-12-10-8-6-4-2)35-53-56(50,51)55-43-41(48)39(46)38(45)40(47)42(43)49/h5,7,10-13,16-17,19-20,23,25,36,38-43,45-49H,3-4,6,8-9,14-15,18,21-22,24,26-35H2,1-2H3,(H,50,51)/b7-5-,12-10-,13-11-,17-16-,20-19-,25-23-. The monoisotopic (exact) mass is 812 g/mol. The molecule has 0 aromatic rings. The van der Waals surface area contributed by atoms with Gasteiger partial charge in [-0.2, -0.15) is 0 Å². The molecule has 13 heteroatoms. The molecule has 1 fully saturated rings. The fraction of sp³-hybridized carbons (Fsp3) is 0.698. The highest BCUT2D eigenvalue weighted by Gasteiger charge is 2.51. The first-order valence-electron chi connectivity index (χ1n) is 20.8. The van der Waals surface area contributed by atoms with Crippen molar-refractivity contribution in [3.05, 3.63) is 72.9 Å². The highest BCUT2D eigenvalue weighted by molar-refractivity contribution is 7.47. The van der Waals surface area contributed by atoms with Crippen LogP contribution in [0, 0.1) is 0 Å². The van der Waals surface area contributed by atoms with E-state index in [2.05, 4.69) is 86.8 Å². The first-order chi connectivity index (χ1) is 27.0. The number of esters is 1. The molecule has 56 heavy (non-hydrogen) atoms. The van der Waals surface area contributed by atoms with E-state index in [4.69, 9.17) is 18.5 Å². The largest absolute Gasteiger partial charge is 0.472 e. The summed E-state index contributed by atoms with van der Waals surface area (Å²) >= 11 is 0. The summed E-state index contributed by atoms with van der Waals surface area (Å²) < 4.78 is 34.0. The maximum atomic E-state index is 12.8. The van der Waals surface area contributed by atoms with Crippen molar-refractivity contribution in [2.45, 2.75) is 172 Å². The number of unbranched alkanes of at least 4 members (excludes halogenated alkanes) is 9. The summed E-state index contributed by atoms with van der Waals surface area (Å²) in [7, 11) is -5.03.